The molecule has 6 heteroatoms. The summed E-state index contributed by atoms with van der Waals surface area (Å²) in [4.78, 5) is 11.9. The van der Waals surface area contributed by atoms with E-state index < -0.39 is 24.6 Å². The fourth-order valence-electron chi connectivity index (χ4n) is 1.48. The predicted octanol–water partition coefficient (Wildman–Crippen LogP) is -1.65. The zero-order chi connectivity index (χ0) is 10.0. The summed E-state index contributed by atoms with van der Waals surface area (Å²) >= 11 is 0. The normalized spacial score (nSPS) is 31.9. The van der Waals surface area contributed by atoms with Gasteiger partial charge in [-0.2, -0.15) is 0 Å². The van der Waals surface area contributed by atoms with Crippen LogP contribution in [0.5, 0.6) is 0 Å². The lowest BCUT2D eigenvalue weighted by Crippen LogP contribution is -2.49. The van der Waals surface area contributed by atoms with Crippen LogP contribution in [-0.2, 0) is 4.79 Å². The molecule has 76 valence electrons. The number of nitrogens with one attached hydrogen (secondary N) is 1. The van der Waals surface area contributed by atoms with Gasteiger partial charge in [0.2, 0.25) is 0 Å². The number of carboxylic acid groups (broad SMARTS) is 1. The Morgan fingerprint density at radius 2 is 2.31 bits per heavy atom. The van der Waals surface area contributed by atoms with E-state index in [0.717, 1.165) is 4.90 Å². The molecule has 0 amide bonds. The fourth-order valence-corrected chi connectivity index (χ4v) is 1.48. The third-order valence-electron chi connectivity index (χ3n) is 2.14. The van der Waals surface area contributed by atoms with E-state index in [9.17, 15) is 15.0 Å². The van der Waals surface area contributed by atoms with E-state index in [0.29, 0.717) is 6.42 Å². The molecule has 1 aliphatic heterocycles. The van der Waals surface area contributed by atoms with Gasteiger partial charge in [0.15, 0.2) is 6.35 Å². The predicted molar refractivity (Wildman–Crippen MR) is 43.6 cm³/mol. The van der Waals surface area contributed by atoms with E-state index in [1.165, 1.54) is 0 Å². The van der Waals surface area contributed by atoms with Crippen molar-refractivity contribution >= 4 is 5.97 Å². The second-order valence-electron chi connectivity index (χ2n) is 2.97. The van der Waals surface area contributed by atoms with E-state index in [1.807, 2.05) is 0 Å². The Balaban J connectivity index is 2.71. The van der Waals surface area contributed by atoms with Gasteiger partial charge in [-0.25, -0.2) is 4.90 Å². The van der Waals surface area contributed by atoms with Crippen molar-refractivity contribution in [1.82, 2.24) is 10.2 Å². The van der Waals surface area contributed by atoms with Gasteiger partial charge in [-0.15, -0.1) is 0 Å². The number of carboxylic acids is 1. The molecule has 1 heterocycles. The van der Waals surface area contributed by atoms with Gasteiger partial charge in [-0.1, -0.05) is 6.92 Å². The SMILES string of the molecule is CCC(C(=O)O)N1C(O)CNC1O. The van der Waals surface area contributed by atoms with Crippen molar-refractivity contribution in [1.29, 1.82) is 0 Å². The van der Waals surface area contributed by atoms with Crippen molar-refractivity contribution in [3.63, 3.8) is 0 Å². The second kappa shape index (κ2) is 4.01. The molecule has 0 aliphatic carbocycles. The first-order valence-corrected chi connectivity index (χ1v) is 4.17. The third-order valence-corrected chi connectivity index (χ3v) is 2.14. The van der Waals surface area contributed by atoms with Crippen LogP contribution in [0.15, 0.2) is 0 Å². The first-order valence-electron chi connectivity index (χ1n) is 4.17. The van der Waals surface area contributed by atoms with E-state index >= 15 is 0 Å². The second-order valence-corrected chi connectivity index (χ2v) is 2.97. The summed E-state index contributed by atoms with van der Waals surface area (Å²) in [6.45, 7) is 1.88. The molecule has 0 saturated carbocycles. The van der Waals surface area contributed by atoms with Crippen LogP contribution >= 0.6 is 0 Å². The molecule has 0 aromatic rings. The molecule has 0 spiro atoms. The van der Waals surface area contributed by atoms with Gasteiger partial charge in [0, 0.05) is 6.54 Å². The molecule has 1 fully saturated rings. The number of aliphatic hydroxyl groups excluding tert-OH is 2. The molecular weight excluding hydrogens is 176 g/mol. The highest BCUT2D eigenvalue weighted by Gasteiger charge is 2.38. The molecule has 0 aromatic heterocycles. The quantitative estimate of drug-likeness (QED) is 0.426. The minimum atomic E-state index is -1.07. The highest BCUT2D eigenvalue weighted by Crippen LogP contribution is 2.14. The number of nitrogens with zero attached hydrogens (tertiary/aromatic N) is 1. The van der Waals surface area contributed by atoms with Gasteiger partial charge in [0.25, 0.3) is 0 Å². The van der Waals surface area contributed by atoms with Crippen LogP contribution in [0.25, 0.3) is 0 Å². The summed E-state index contributed by atoms with van der Waals surface area (Å²) in [5.41, 5.74) is 0. The Morgan fingerprint density at radius 3 is 2.62 bits per heavy atom. The molecule has 6 nitrogen and oxygen atoms in total. The van der Waals surface area contributed by atoms with E-state index in [-0.39, 0.29) is 6.54 Å². The van der Waals surface area contributed by atoms with Gasteiger partial charge in [0.05, 0.1) is 0 Å². The number of hydrogen-bond donors (Lipinski definition) is 4. The summed E-state index contributed by atoms with van der Waals surface area (Å²) in [7, 11) is 0. The number of rotatable bonds is 3. The van der Waals surface area contributed by atoms with E-state index in [1.54, 1.807) is 6.92 Å². The third kappa shape index (κ3) is 1.97. The Labute approximate surface area is 75.8 Å². The van der Waals surface area contributed by atoms with E-state index in [4.69, 9.17) is 5.11 Å². The number of aliphatic hydroxyl groups is 2. The van der Waals surface area contributed by atoms with Gasteiger partial charge in [-0.05, 0) is 6.42 Å². The molecule has 0 aromatic carbocycles. The number of β-amino-alcohol motifs (C(OH)–C–C–N with tert-alkyl or cyclic N) is 1. The van der Waals surface area contributed by atoms with Crippen LogP contribution in [0.3, 0.4) is 0 Å². The summed E-state index contributed by atoms with van der Waals surface area (Å²) < 4.78 is 0. The summed E-state index contributed by atoms with van der Waals surface area (Å²) in [6.07, 6.45) is -1.67. The highest BCUT2D eigenvalue weighted by molar-refractivity contribution is 5.73. The molecule has 3 atom stereocenters. The first kappa shape index (κ1) is 10.4. The average molecular weight is 190 g/mol. The lowest BCUT2D eigenvalue weighted by atomic mass is 10.2. The molecule has 0 radical (unpaired) electrons. The zero-order valence-electron chi connectivity index (χ0n) is 7.34. The minimum absolute atomic E-state index is 0.185. The molecule has 13 heavy (non-hydrogen) atoms. The Bertz CT molecular complexity index is 189. The van der Waals surface area contributed by atoms with Crippen molar-refractivity contribution in [2.24, 2.45) is 0 Å². The van der Waals surface area contributed by atoms with Gasteiger partial charge >= 0.3 is 5.97 Å². The highest BCUT2D eigenvalue weighted by atomic mass is 16.4. The Kier molecular flexibility index (Phi) is 3.21. The van der Waals surface area contributed by atoms with Gasteiger partial charge in [0.1, 0.15) is 12.3 Å². The maximum absolute atomic E-state index is 10.7. The molecule has 4 N–H and O–H groups in total. The summed E-state index contributed by atoms with van der Waals surface area (Å²) in [6, 6.07) is -0.847. The number of carbonyl (C=O) groups is 1. The fraction of sp³-hybridized carbons (Fsp3) is 0.857. The van der Waals surface area contributed by atoms with Gasteiger partial charge in [-0.3, -0.25) is 10.1 Å². The molecule has 3 unspecified atom stereocenters. The van der Waals surface area contributed by atoms with Crippen molar-refractivity contribution < 1.29 is 20.1 Å². The largest absolute Gasteiger partial charge is 0.480 e. The topological polar surface area (TPSA) is 93.0 Å². The number of hydrogen-bond acceptors (Lipinski definition) is 5. The summed E-state index contributed by atoms with van der Waals surface area (Å²) in [5, 5.41) is 30.0. The molecule has 1 rings (SSSR count). The van der Waals surface area contributed by atoms with Crippen LogP contribution in [0, 0.1) is 0 Å². The monoisotopic (exact) mass is 190 g/mol. The van der Waals surface area contributed by atoms with E-state index in [2.05, 4.69) is 5.32 Å². The van der Waals surface area contributed by atoms with Gasteiger partial charge < -0.3 is 15.3 Å². The number of aliphatic carboxylic acids is 1. The average Bonchev–Trinajstić information content (AvgIpc) is 2.36. The molecule has 1 aliphatic rings. The van der Waals surface area contributed by atoms with Crippen molar-refractivity contribution in [3.8, 4) is 0 Å². The zero-order valence-corrected chi connectivity index (χ0v) is 7.34. The van der Waals surface area contributed by atoms with Crippen LogP contribution < -0.4 is 5.32 Å². The van der Waals surface area contributed by atoms with Crippen LogP contribution in [0.1, 0.15) is 13.3 Å². The van der Waals surface area contributed by atoms with Crippen LogP contribution in [0.2, 0.25) is 0 Å². The maximum atomic E-state index is 10.7. The summed E-state index contributed by atoms with van der Waals surface area (Å²) in [5.74, 6) is -1.04. The van der Waals surface area contributed by atoms with Crippen LogP contribution in [-0.4, -0.2) is 51.4 Å². The lowest BCUT2D eigenvalue weighted by molar-refractivity contribution is -0.155. The Hall–Kier alpha value is -0.690. The standard InChI is InChI=1S/C7H14N2O4/c1-2-4(6(11)12)9-5(10)3-8-7(9)13/h4-5,7-8,10,13H,2-3H2,1H3,(H,11,12). The minimum Gasteiger partial charge on any atom is -0.480 e. The van der Waals surface area contributed by atoms with Crippen molar-refractivity contribution in [3.05, 3.63) is 0 Å². The van der Waals surface area contributed by atoms with Crippen molar-refractivity contribution in [2.75, 3.05) is 6.54 Å². The first-order chi connectivity index (χ1) is 6.07. The smallest absolute Gasteiger partial charge is 0.321 e. The molecular formula is C7H14N2O4. The Morgan fingerprint density at radius 1 is 1.69 bits per heavy atom. The molecule has 0 bridgehead atoms. The van der Waals surface area contributed by atoms with Crippen LogP contribution in [0.4, 0.5) is 0 Å². The molecule has 1 saturated heterocycles. The lowest BCUT2D eigenvalue weighted by Gasteiger charge is -2.28. The van der Waals surface area contributed by atoms with Crippen molar-refractivity contribution in [2.45, 2.75) is 32.0 Å². The maximum Gasteiger partial charge on any atom is 0.321 e.